The van der Waals surface area contributed by atoms with Crippen molar-refractivity contribution in [1.29, 1.82) is 0 Å². The fraction of sp³-hybridized carbons (Fsp3) is 0.571. The van der Waals surface area contributed by atoms with Crippen LogP contribution in [0.2, 0.25) is 0 Å². The molecule has 0 fully saturated rings. The fourth-order valence-corrected chi connectivity index (χ4v) is 3.04. The van der Waals surface area contributed by atoms with Gasteiger partial charge in [-0.15, -0.1) is 0 Å². The molecule has 0 amide bonds. The Morgan fingerprint density at radius 1 is 1.21 bits per heavy atom. The minimum Gasteiger partial charge on any atom is -0.493 e. The van der Waals surface area contributed by atoms with Gasteiger partial charge in [-0.2, -0.15) is 0 Å². The average molecular weight is 391 g/mol. The molecule has 1 aromatic carbocycles. The third kappa shape index (κ3) is 7.14. The molecule has 0 radical (unpaired) electrons. The molecule has 0 aliphatic carbocycles. The van der Waals surface area contributed by atoms with Crippen molar-refractivity contribution in [3.63, 3.8) is 0 Å². The van der Waals surface area contributed by atoms with E-state index in [4.69, 9.17) is 9.47 Å². The first-order valence-corrected chi connectivity index (χ1v) is 9.90. The van der Waals surface area contributed by atoms with Crippen molar-refractivity contribution >= 4 is 0 Å². The molecule has 1 atom stereocenters. The van der Waals surface area contributed by atoms with E-state index in [2.05, 4.69) is 40.2 Å². The lowest BCUT2D eigenvalue weighted by Crippen LogP contribution is -2.35. The molecule has 0 saturated carbocycles. The minimum absolute atomic E-state index is 0.247. The van der Waals surface area contributed by atoms with Crippen molar-refractivity contribution in [3.05, 3.63) is 42.5 Å². The molecule has 0 bridgehead atoms. The van der Waals surface area contributed by atoms with E-state index < -0.39 is 6.10 Å². The standard InChI is InChI=1S/C21H34N4O3/c1-5-24(6-2)15-19(26)16-28-20-8-7-18(13-21(20)27-4)14-23(3)11-12-25-10-9-22-17-25/h7-10,13,17,19,26H,5-6,11-12,14-16H2,1-4H3. The second-order valence-electron chi connectivity index (χ2n) is 6.97. The highest BCUT2D eigenvalue weighted by Crippen LogP contribution is 2.28. The third-order valence-electron chi connectivity index (χ3n) is 4.77. The molecule has 7 nitrogen and oxygen atoms in total. The first kappa shape index (κ1) is 22.2. The molecule has 1 heterocycles. The number of aliphatic hydroxyl groups is 1. The lowest BCUT2D eigenvalue weighted by atomic mass is 10.2. The SMILES string of the molecule is CCN(CC)CC(O)COc1ccc(CN(C)CCn2ccnc2)cc1OC. The number of hydrogen-bond acceptors (Lipinski definition) is 6. The van der Waals surface area contributed by atoms with Gasteiger partial charge in [-0.25, -0.2) is 4.98 Å². The summed E-state index contributed by atoms with van der Waals surface area (Å²) in [6, 6.07) is 5.96. The Hall–Kier alpha value is -2.09. The number of hydrogen-bond donors (Lipinski definition) is 1. The molecule has 0 aliphatic rings. The molecule has 7 heteroatoms. The van der Waals surface area contributed by atoms with Crippen molar-refractivity contribution in [2.45, 2.75) is 33.0 Å². The number of likely N-dealkylation sites (N-methyl/N-ethyl adjacent to an activating group) is 2. The number of benzene rings is 1. The number of imidazole rings is 1. The Kier molecular flexibility index (Phi) is 9.27. The summed E-state index contributed by atoms with van der Waals surface area (Å²) in [5.41, 5.74) is 1.15. The predicted octanol–water partition coefficient (Wildman–Crippen LogP) is 2.11. The van der Waals surface area contributed by atoms with Crippen LogP contribution < -0.4 is 9.47 Å². The van der Waals surface area contributed by atoms with Crippen LogP contribution in [0.4, 0.5) is 0 Å². The minimum atomic E-state index is -0.529. The smallest absolute Gasteiger partial charge is 0.161 e. The molecule has 0 aliphatic heterocycles. The molecule has 1 N–H and O–H groups in total. The van der Waals surface area contributed by atoms with Crippen LogP contribution in [0, 0.1) is 0 Å². The Morgan fingerprint density at radius 3 is 2.64 bits per heavy atom. The fourth-order valence-electron chi connectivity index (χ4n) is 3.04. The average Bonchev–Trinajstić information content (AvgIpc) is 3.23. The van der Waals surface area contributed by atoms with E-state index in [9.17, 15) is 5.11 Å². The number of aliphatic hydroxyl groups excluding tert-OH is 1. The van der Waals surface area contributed by atoms with E-state index in [-0.39, 0.29) is 6.61 Å². The first-order chi connectivity index (χ1) is 13.5. The van der Waals surface area contributed by atoms with Gasteiger partial charge in [0.15, 0.2) is 11.5 Å². The van der Waals surface area contributed by atoms with Crippen molar-refractivity contribution in [3.8, 4) is 11.5 Å². The number of nitrogens with zero attached hydrogens (tertiary/aromatic N) is 4. The second kappa shape index (κ2) is 11.7. The highest BCUT2D eigenvalue weighted by molar-refractivity contribution is 5.43. The Bertz CT molecular complexity index is 674. The molecule has 0 spiro atoms. The Balaban J connectivity index is 1.86. The number of rotatable bonds is 13. The molecular formula is C21H34N4O3. The highest BCUT2D eigenvalue weighted by Gasteiger charge is 2.13. The van der Waals surface area contributed by atoms with Crippen LogP contribution in [-0.4, -0.2) is 77.5 Å². The molecular weight excluding hydrogens is 356 g/mol. The van der Waals surface area contributed by atoms with Crippen molar-refractivity contribution < 1.29 is 14.6 Å². The largest absolute Gasteiger partial charge is 0.493 e. The maximum atomic E-state index is 10.2. The van der Waals surface area contributed by atoms with E-state index in [0.717, 1.165) is 38.3 Å². The Morgan fingerprint density at radius 2 is 2.00 bits per heavy atom. The maximum Gasteiger partial charge on any atom is 0.161 e. The number of ether oxygens (including phenoxy) is 2. The van der Waals surface area contributed by atoms with Gasteiger partial charge in [0.05, 0.1) is 13.4 Å². The van der Waals surface area contributed by atoms with Crippen molar-refractivity contribution in [2.75, 3.05) is 46.9 Å². The molecule has 2 aromatic rings. The zero-order chi connectivity index (χ0) is 20.4. The predicted molar refractivity (Wildman–Crippen MR) is 111 cm³/mol. The number of aromatic nitrogens is 2. The molecule has 156 valence electrons. The molecule has 0 saturated heterocycles. The highest BCUT2D eigenvalue weighted by atomic mass is 16.5. The summed E-state index contributed by atoms with van der Waals surface area (Å²) >= 11 is 0. The van der Waals surface area contributed by atoms with Crippen LogP contribution in [-0.2, 0) is 13.1 Å². The van der Waals surface area contributed by atoms with Gasteiger partial charge in [0.2, 0.25) is 0 Å². The van der Waals surface area contributed by atoms with Crippen LogP contribution in [0.25, 0.3) is 0 Å². The Labute approximate surface area is 168 Å². The van der Waals surface area contributed by atoms with Gasteiger partial charge in [0.1, 0.15) is 12.7 Å². The molecule has 1 unspecified atom stereocenters. The van der Waals surface area contributed by atoms with Crippen LogP contribution in [0.1, 0.15) is 19.4 Å². The summed E-state index contributed by atoms with van der Waals surface area (Å²) in [5, 5.41) is 10.2. The zero-order valence-electron chi connectivity index (χ0n) is 17.5. The van der Waals surface area contributed by atoms with Gasteiger partial charge in [-0.1, -0.05) is 19.9 Å². The van der Waals surface area contributed by atoms with E-state index in [1.165, 1.54) is 0 Å². The van der Waals surface area contributed by atoms with Crippen molar-refractivity contribution in [1.82, 2.24) is 19.4 Å². The van der Waals surface area contributed by atoms with E-state index >= 15 is 0 Å². The van der Waals surface area contributed by atoms with Gasteiger partial charge >= 0.3 is 0 Å². The first-order valence-electron chi connectivity index (χ1n) is 9.90. The maximum absolute atomic E-state index is 10.2. The van der Waals surface area contributed by atoms with Gasteiger partial charge in [-0.05, 0) is 37.8 Å². The van der Waals surface area contributed by atoms with Crippen LogP contribution in [0.3, 0.4) is 0 Å². The van der Waals surface area contributed by atoms with E-state index in [1.54, 1.807) is 13.3 Å². The van der Waals surface area contributed by atoms with Gasteiger partial charge < -0.3 is 28.9 Å². The molecule has 28 heavy (non-hydrogen) atoms. The van der Waals surface area contributed by atoms with Gasteiger partial charge in [-0.3, -0.25) is 0 Å². The van der Waals surface area contributed by atoms with Gasteiger partial charge in [0.25, 0.3) is 0 Å². The summed E-state index contributed by atoms with van der Waals surface area (Å²) in [4.78, 5) is 8.49. The summed E-state index contributed by atoms with van der Waals surface area (Å²) in [7, 11) is 3.73. The van der Waals surface area contributed by atoms with Gasteiger partial charge in [0, 0.05) is 38.6 Å². The summed E-state index contributed by atoms with van der Waals surface area (Å²) in [5.74, 6) is 1.35. The summed E-state index contributed by atoms with van der Waals surface area (Å²) < 4.78 is 13.4. The molecule has 1 aromatic heterocycles. The summed E-state index contributed by atoms with van der Waals surface area (Å²) in [6.07, 6.45) is 5.07. The van der Waals surface area contributed by atoms with Crippen molar-refractivity contribution in [2.24, 2.45) is 0 Å². The molecule has 2 rings (SSSR count). The lowest BCUT2D eigenvalue weighted by molar-refractivity contribution is 0.0705. The van der Waals surface area contributed by atoms with E-state index in [0.29, 0.717) is 18.0 Å². The quantitative estimate of drug-likeness (QED) is 0.565. The zero-order valence-corrected chi connectivity index (χ0v) is 17.5. The lowest BCUT2D eigenvalue weighted by Gasteiger charge is -2.22. The monoisotopic (exact) mass is 390 g/mol. The van der Waals surface area contributed by atoms with Crippen LogP contribution in [0.15, 0.2) is 36.9 Å². The van der Waals surface area contributed by atoms with E-state index in [1.807, 2.05) is 30.7 Å². The van der Waals surface area contributed by atoms with Crippen LogP contribution in [0.5, 0.6) is 11.5 Å². The van der Waals surface area contributed by atoms with Crippen LogP contribution >= 0.6 is 0 Å². The number of methoxy groups -OCH3 is 1. The normalized spacial score (nSPS) is 12.5. The topological polar surface area (TPSA) is 63.0 Å². The summed E-state index contributed by atoms with van der Waals surface area (Å²) in [6.45, 7) is 9.51. The third-order valence-corrected chi connectivity index (χ3v) is 4.77. The second-order valence-corrected chi connectivity index (χ2v) is 6.97.